The normalized spacial score (nSPS) is 10.8. The summed E-state index contributed by atoms with van der Waals surface area (Å²) in [6.45, 7) is 2.82. The molecule has 37 heavy (non-hydrogen) atoms. The fourth-order valence-electron chi connectivity index (χ4n) is 4.09. The maximum absolute atomic E-state index is 12.8. The fourth-order valence-corrected chi connectivity index (χ4v) is 4.09. The maximum Gasteiger partial charge on any atom is 0.251 e. The third-order valence-electron chi connectivity index (χ3n) is 5.89. The standard InChI is InChI=1S/C29H26N6O2/c1-20(36)32-24-11-8-22(9-12-24)28-27(21-6-3-2-4-7-21)33-25-13-10-23(18-26(25)34-28)29(37)31-14-5-16-35-17-15-30-19-35/h2-4,6-13,15,17-19H,5,14,16H2,1H3,(H,31,37)(H,32,36). The van der Waals surface area contributed by atoms with E-state index in [0.29, 0.717) is 34.5 Å². The lowest BCUT2D eigenvalue weighted by Crippen LogP contribution is -2.25. The zero-order valence-corrected chi connectivity index (χ0v) is 20.4. The van der Waals surface area contributed by atoms with Crippen LogP contribution in [-0.2, 0) is 11.3 Å². The molecule has 0 atom stereocenters. The summed E-state index contributed by atoms with van der Waals surface area (Å²) in [5.74, 6) is -0.279. The molecule has 0 saturated heterocycles. The van der Waals surface area contributed by atoms with Crippen molar-refractivity contribution in [2.75, 3.05) is 11.9 Å². The molecule has 2 aromatic heterocycles. The van der Waals surface area contributed by atoms with Gasteiger partial charge in [0.25, 0.3) is 5.91 Å². The number of nitrogens with zero attached hydrogens (tertiary/aromatic N) is 4. The highest BCUT2D eigenvalue weighted by atomic mass is 16.2. The van der Waals surface area contributed by atoms with E-state index in [1.54, 1.807) is 24.7 Å². The van der Waals surface area contributed by atoms with Crippen LogP contribution in [0.5, 0.6) is 0 Å². The van der Waals surface area contributed by atoms with Gasteiger partial charge in [-0.15, -0.1) is 0 Å². The Bertz CT molecular complexity index is 1530. The second-order valence-corrected chi connectivity index (χ2v) is 8.66. The van der Waals surface area contributed by atoms with Gasteiger partial charge in [-0.3, -0.25) is 9.59 Å². The van der Waals surface area contributed by atoms with Crippen LogP contribution in [0.3, 0.4) is 0 Å². The molecule has 0 saturated carbocycles. The number of hydrogen-bond donors (Lipinski definition) is 2. The Morgan fingerprint density at radius 1 is 0.865 bits per heavy atom. The number of carbonyl (C=O) groups excluding carboxylic acids is 2. The number of fused-ring (bicyclic) bond motifs is 1. The summed E-state index contributed by atoms with van der Waals surface area (Å²) >= 11 is 0. The molecule has 0 aliphatic heterocycles. The predicted octanol–water partition coefficient (Wildman–Crippen LogP) is 4.94. The van der Waals surface area contributed by atoms with E-state index >= 15 is 0 Å². The van der Waals surface area contributed by atoms with Crippen molar-refractivity contribution in [1.82, 2.24) is 24.8 Å². The second-order valence-electron chi connectivity index (χ2n) is 8.66. The Labute approximate surface area is 214 Å². The Hall–Kier alpha value is -4.85. The SMILES string of the molecule is CC(=O)Nc1ccc(-c2nc3cc(C(=O)NCCCn4ccnc4)ccc3nc2-c2ccccc2)cc1. The quantitative estimate of drug-likeness (QED) is 0.300. The average molecular weight is 491 g/mol. The third kappa shape index (κ3) is 5.70. The highest BCUT2D eigenvalue weighted by Crippen LogP contribution is 2.31. The van der Waals surface area contributed by atoms with Crippen LogP contribution in [0, 0.1) is 0 Å². The minimum atomic E-state index is -0.150. The minimum absolute atomic E-state index is 0.129. The molecule has 0 unspecified atom stereocenters. The van der Waals surface area contributed by atoms with E-state index in [1.807, 2.05) is 71.4 Å². The number of rotatable bonds is 8. The lowest BCUT2D eigenvalue weighted by atomic mass is 10.0. The maximum atomic E-state index is 12.8. The number of benzene rings is 3. The van der Waals surface area contributed by atoms with Gasteiger partial charge in [0.2, 0.25) is 5.91 Å². The van der Waals surface area contributed by atoms with Gasteiger partial charge in [0.05, 0.1) is 28.7 Å². The van der Waals surface area contributed by atoms with Crippen molar-refractivity contribution in [3.8, 4) is 22.5 Å². The molecule has 8 nitrogen and oxygen atoms in total. The van der Waals surface area contributed by atoms with E-state index in [1.165, 1.54) is 6.92 Å². The highest BCUT2D eigenvalue weighted by molar-refractivity contribution is 5.98. The first-order valence-corrected chi connectivity index (χ1v) is 12.1. The number of aryl methyl sites for hydroxylation is 1. The van der Waals surface area contributed by atoms with E-state index in [4.69, 9.17) is 9.97 Å². The van der Waals surface area contributed by atoms with Crippen molar-refractivity contribution in [3.63, 3.8) is 0 Å². The van der Waals surface area contributed by atoms with Gasteiger partial charge < -0.3 is 15.2 Å². The smallest absolute Gasteiger partial charge is 0.251 e. The van der Waals surface area contributed by atoms with Gasteiger partial charge in [0, 0.05) is 54.8 Å². The number of imidazole rings is 1. The summed E-state index contributed by atoms with van der Waals surface area (Å²) in [5.41, 5.74) is 5.82. The van der Waals surface area contributed by atoms with Gasteiger partial charge in [-0.1, -0.05) is 42.5 Å². The van der Waals surface area contributed by atoms with Crippen molar-refractivity contribution in [3.05, 3.63) is 97.1 Å². The van der Waals surface area contributed by atoms with Crippen LogP contribution < -0.4 is 10.6 Å². The lowest BCUT2D eigenvalue weighted by molar-refractivity contribution is -0.114. The van der Waals surface area contributed by atoms with Crippen molar-refractivity contribution in [2.45, 2.75) is 19.9 Å². The van der Waals surface area contributed by atoms with Crippen LogP contribution in [0.4, 0.5) is 5.69 Å². The van der Waals surface area contributed by atoms with Gasteiger partial charge in [-0.2, -0.15) is 0 Å². The Morgan fingerprint density at radius 2 is 1.59 bits per heavy atom. The molecule has 0 aliphatic rings. The molecule has 8 heteroatoms. The molecular formula is C29H26N6O2. The molecule has 2 N–H and O–H groups in total. The van der Waals surface area contributed by atoms with Crippen LogP contribution in [-0.4, -0.2) is 37.9 Å². The third-order valence-corrected chi connectivity index (χ3v) is 5.89. The molecule has 0 aliphatic carbocycles. The van der Waals surface area contributed by atoms with Gasteiger partial charge in [-0.25, -0.2) is 15.0 Å². The zero-order valence-electron chi connectivity index (χ0n) is 20.4. The summed E-state index contributed by atoms with van der Waals surface area (Å²) in [4.78, 5) is 38.1. The zero-order chi connectivity index (χ0) is 25.6. The number of anilines is 1. The molecule has 184 valence electrons. The van der Waals surface area contributed by atoms with E-state index in [-0.39, 0.29) is 11.8 Å². The monoisotopic (exact) mass is 490 g/mol. The van der Waals surface area contributed by atoms with Crippen LogP contribution in [0.2, 0.25) is 0 Å². The summed E-state index contributed by atoms with van der Waals surface area (Å²) in [6.07, 6.45) is 6.20. The number of aromatic nitrogens is 4. The molecule has 0 fully saturated rings. The van der Waals surface area contributed by atoms with Crippen molar-refractivity contribution in [2.24, 2.45) is 0 Å². The van der Waals surface area contributed by atoms with Crippen molar-refractivity contribution in [1.29, 1.82) is 0 Å². The molecule has 3 aromatic carbocycles. The molecule has 0 radical (unpaired) electrons. The Kier molecular flexibility index (Phi) is 6.98. The number of hydrogen-bond acceptors (Lipinski definition) is 5. The van der Waals surface area contributed by atoms with Gasteiger partial charge in [0.1, 0.15) is 0 Å². The van der Waals surface area contributed by atoms with Crippen molar-refractivity contribution >= 4 is 28.5 Å². The van der Waals surface area contributed by atoms with Gasteiger partial charge >= 0.3 is 0 Å². The molecule has 5 aromatic rings. The lowest BCUT2D eigenvalue weighted by Gasteiger charge is -2.12. The van der Waals surface area contributed by atoms with Gasteiger partial charge in [0.15, 0.2) is 0 Å². The first kappa shape index (κ1) is 23.9. The topological polar surface area (TPSA) is 102 Å². The van der Waals surface area contributed by atoms with Crippen LogP contribution in [0.15, 0.2) is 91.5 Å². The van der Waals surface area contributed by atoms with Crippen LogP contribution >= 0.6 is 0 Å². The first-order valence-electron chi connectivity index (χ1n) is 12.1. The van der Waals surface area contributed by atoms with Gasteiger partial charge in [-0.05, 0) is 36.8 Å². The molecule has 0 spiro atoms. The van der Waals surface area contributed by atoms with Crippen LogP contribution in [0.1, 0.15) is 23.7 Å². The molecular weight excluding hydrogens is 464 g/mol. The summed E-state index contributed by atoms with van der Waals surface area (Å²) in [6, 6.07) is 22.8. The summed E-state index contributed by atoms with van der Waals surface area (Å²) < 4.78 is 1.98. The highest BCUT2D eigenvalue weighted by Gasteiger charge is 2.15. The largest absolute Gasteiger partial charge is 0.352 e. The number of amides is 2. The van der Waals surface area contributed by atoms with E-state index in [9.17, 15) is 9.59 Å². The van der Waals surface area contributed by atoms with E-state index in [0.717, 1.165) is 29.8 Å². The predicted molar refractivity (Wildman–Crippen MR) is 144 cm³/mol. The molecule has 2 heterocycles. The summed E-state index contributed by atoms with van der Waals surface area (Å²) in [5, 5.41) is 5.76. The van der Waals surface area contributed by atoms with E-state index < -0.39 is 0 Å². The first-order chi connectivity index (χ1) is 18.1. The van der Waals surface area contributed by atoms with Crippen LogP contribution in [0.25, 0.3) is 33.5 Å². The fraction of sp³-hybridized carbons (Fsp3) is 0.138. The minimum Gasteiger partial charge on any atom is -0.352 e. The molecule has 0 bridgehead atoms. The Balaban J connectivity index is 1.44. The number of nitrogens with one attached hydrogen (secondary N) is 2. The Morgan fingerprint density at radius 3 is 2.30 bits per heavy atom. The molecule has 5 rings (SSSR count). The average Bonchev–Trinajstić information content (AvgIpc) is 3.44. The number of carbonyl (C=O) groups is 2. The van der Waals surface area contributed by atoms with E-state index in [2.05, 4.69) is 15.6 Å². The van der Waals surface area contributed by atoms with Crippen molar-refractivity contribution < 1.29 is 9.59 Å². The summed E-state index contributed by atoms with van der Waals surface area (Å²) in [7, 11) is 0. The molecule has 2 amide bonds. The second kappa shape index (κ2) is 10.8.